The number of hydrogen-bond donors (Lipinski definition) is 2. The van der Waals surface area contributed by atoms with Gasteiger partial charge in [0.1, 0.15) is 0 Å². The van der Waals surface area contributed by atoms with E-state index in [-0.39, 0.29) is 18.3 Å². The van der Waals surface area contributed by atoms with Crippen LogP contribution in [0.15, 0.2) is 48.5 Å². The number of hydroxylamine groups is 1. The second-order valence-corrected chi connectivity index (χ2v) is 5.52. The van der Waals surface area contributed by atoms with Crippen LogP contribution in [0, 0.1) is 0 Å². The predicted octanol–water partition coefficient (Wildman–Crippen LogP) is 3.42. The number of halogens is 1. The summed E-state index contributed by atoms with van der Waals surface area (Å²) in [6.45, 7) is 0. The fourth-order valence-corrected chi connectivity index (χ4v) is 2.85. The number of carbonyl (C=O) groups is 1. The van der Waals surface area contributed by atoms with Gasteiger partial charge in [0.25, 0.3) is 0 Å². The molecule has 2 N–H and O–H groups in total. The lowest BCUT2D eigenvalue weighted by atomic mass is 9.88. The van der Waals surface area contributed by atoms with Gasteiger partial charge in [-0.25, -0.2) is 0 Å². The first-order valence-electron chi connectivity index (χ1n) is 7.24. The summed E-state index contributed by atoms with van der Waals surface area (Å²) in [5, 5.41) is 8.13. The maximum Gasteiger partial charge on any atom is 0.325 e. The van der Waals surface area contributed by atoms with Crippen LogP contribution in [0.3, 0.4) is 0 Å². The Kier molecular flexibility index (Phi) is 4.60. The maximum absolute atomic E-state index is 12.0. The van der Waals surface area contributed by atoms with Crippen LogP contribution >= 0.6 is 11.6 Å². The molecule has 6 heteroatoms. The van der Waals surface area contributed by atoms with Crippen LogP contribution in [0.4, 0.5) is 0 Å². The van der Waals surface area contributed by atoms with Gasteiger partial charge in [-0.15, -0.1) is 0 Å². The second-order valence-electron chi connectivity index (χ2n) is 5.17. The average Bonchev–Trinajstić information content (AvgIpc) is 2.94. The number of benzene rings is 2. The highest BCUT2D eigenvalue weighted by atomic mass is 35.5. The van der Waals surface area contributed by atoms with E-state index in [9.17, 15) is 4.79 Å². The molecular formula is C17H16ClN3O2. The van der Waals surface area contributed by atoms with Crippen LogP contribution in [0.25, 0.3) is 10.9 Å². The number of hydrogen-bond acceptors (Lipinski definition) is 4. The minimum Gasteiger partial charge on any atom is -0.371 e. The summed E-state index contributed by atoms with van der Waals surface area (Å²) in [4.78, 5) is 16.8. The van der Waals surface area contributed by atoms with Crippen LogP contribution in [-0.4, -0.2) is 23.2 Å². The fraction of sp³-hybridized carbons (Fsp3) is 0.176. The van der Waals surface area contributed by atoms with Gasteiger partial charge in [-0.1, -0.05) is 48.0 Å². The molecule has 0 fully saturated rings. The van der Waals surface area contributed by atoms with Crippen LogP contribution in [-0.2, 0) is 9.63 Å². The van der Waals surface area contributed by atoms with E-state index < -0.39 is 0 Å². The molecule has 23 heavy (non-hydrogen) atoms. The summed E-state index contributed by atoms with van der Waals surface area (Å²) in [5.41, 5.74) is 5.32. The van der Waals surface area contributed by atoms with E-state index in [2.05, 4.69) is 15.7 Å². The summed E-state index contributed by atoms with van der Waals surface area (Å²) in [7, 11) is 1.56. The molecule has 1 aromatic heterocycles. The number of rotatable bonds is 5. The van der Waals surface area contributed by atoms with Crippen molar-refractivity contribution in [2.75, 3.05) is 7.05 Å². The first-order chi connectivity index (χ1) is 11.2. The Morgan fingerprint density at radius 2 is 2.04 bits per heavy atom. The largest absolute Gasteiger partial charge is 0.371 e. The highest BCUT2D eigenvalue weighted by Crippen LogP contribution is 2.31. The number of aromatic nitrogens is 2. The predicted molar refractivity (Wildman–Crippen MR) is 89.2 cm³/mol. The zero-order valence-electron chi connectivity index (χ0n) is 12.5. The van der Waals surface area contributed by atoms with Crippen LogP contribution in [0.2, 0.25) is 5.15 Å². The normalized spacial score (nSPS) is 12.3. The molecule has 1 atom stereocenters. The molecule has 2 aromatic carbocycles. The lowest BCUT2D eigenvalue weighted by molar-refractivity contribution is -0.150. The van der Waals surface area contributed by atoms with E-state index in [1.54, 1.807) is 7.05 Å². The molecular weight excluding hydrogens is 314 g/mol. The Balaban J connectivity index is 2.01. The summed E-state index contributed by atoms with van der Waals surface area (Å²) in [6, 6.07) is 15.7. The number of H-pyrrole nitrogens is 1. The van der Waals surface area contributed by atoms with Gasteiger partial charge in [-0.05, 0) is 23.3 Å². The molecule has 0 saturated carbocycles. The summed E-state index contributed by atoms with van der Waals surface area (Å²) in [5.74, 6) is -0.438. The molecule has 0 unspecified atom stereocenters. The zero-order chi connectivity index (χ0) is 16.2. The second kappa shape index (κ2) is 6.81. The molecule has 0 radical (unpaired) electrons. The third kappa shape index (κ3) is 3.36. The first kappa shape index (κ1) is 15.5. The lowest BCUT2D eigenvalue weighted by Gasteiger charge is -2.17. The van der Waals surface area contributed by atoms with Crippen LogP contribution in [0.5, 0.6) is 0 Å². The Bertz CT molecular complexity index is 817. The van der Waals surface area contributed by atoms with Gasteiger partial charge in [0.2, 0.25) is 0 Å². The van der Waals surface area contributed by atoms with Gasteiger partial charge < -0.3 is 4.84 Å². The van der Waals surface area contributed by atoms with E-state index >= 15 is 0 Å². The molecule has 0 spiro atoms. The highest BCUT2D eigenvalue weighted by Gasteiger charge is 2.20. The van der Waals surface area contributed by atoms with Crippen molar-refractivity contribution in [3.63, 3.8) is 0 Å². The first-order valence-corrected chi connectivity index (χ1v) is 7.61. The fourth-order valence-electron chi connectivity index (χ4n) is 2.65. The number of nitrogens with one attached hydrogen (secondary N) is 2. The van der Waals surface area contributed by atoms with E-state index in [0.717, 1.165) is 22.0 Å². The maximum atomic E-state index is 12.0. The van der Waals surface area contributed by atoms with Crippen molar-refractivity contribution < 1.29 is 9.63 Å². The van der Waals surface area contributed by atoms with Crippen molar-refractivity contribution in [3.05, 3.63) is 64.8 Å². The smallest absolute Gasteiger partial charge is 0.325 e. The van der Waals surface area contributed by atoms with Crippen molar-refractivity contribution in [2.24, 2.45) is 0 Å². The molecule has 0 amide bonds. The molecule has 0 aliphatic heterocycles. The van der Waals surface area contributed by atoms with E-state index in [1.807, 2.05) is 48.5 Å². The Hall–Kier alpha value is -2.37. The van der Waals surface area contributed by atoms with Gasteiger partial charge in [-0.2, -0.15) is 10.6 Å². The van der Waals surface area contributed by atoms with E-state index in [1.165, 1.54) is 0 Å². The molecule has 5 nitrogen and oxygen atoms in total. The third-order valence-corrected chi connectivity index (χ3v) is 4.02. The minimum atomic E-state index is -0.320. The number of nitrogens with zero attached hydrogens (tertiary/aromatic N) is 1. The Morgan fingerprint density at radius 1 is 1.26 bits per heavy atom. The lowest BCUT2D eigenvalue weighted by Crippen LogP contribution is -2.18. The zero-order valence-corrected chi connectivity index (χ0v) is 13.3. The molecule has 0 aliphatic rings. The SMILES string of the molecule is CNOC(=O)C[C@@H](c1ccccc1)c1ccc2[nH]nc(Cl)c2c1. The number of fused-ring (bicyclic) bond motifs is 1. The quantitative estimate of drug-likeness (QED) is 0.704. The molecule has 0 bridgehead atoms. The van der Waals surface area contributed by atoms with Gasteiger partial charge in [0, 0.05) is 18.4 Å². The Labute approximate surface area is 138 Å². The minimum absolute atomic E-state index is 0.118. The van der Waals surface area contributed by atoms with Crippen molar-refractivity contribution in [3.8, 4) is 0 Å². The number of carbonyl (C=O) groups excluding carboxylic acids is 1. The van der Waals surface area contributed by atoms with E-state index in [0.29, 0.717) is 5.15 Å². The van der Waals surface area contributed by atoms with Crippen molar-refractivity contribution >= 4 is 28.5 Å². The molecule has 0 aliphatic carbocycles. The monoisotopic (exact) mass is 329 g/mol. The summed E-state index contributed by atoms with van der Waals surface area (Å²) >= 11 is 6.11. The molecule has 3 aromatic rings. The van der Waals surface area contributed by atoms with Gasteiger partial charge in [0.05, 0.1) is 11.9 Å². The number of aromatic amines is 1. The molecule has 3 rings (SSSR count). The van der Waals surface area contributed by atoms with Crippen LogP contribution < -0.4 is 5.48 Å². The topological polar surface area (TPSA) is 67.0 Å². The van der Waals surface area contributed by atoms with Gasteiger partial charge in [-0.3, -0.25) is 9.89 Å². The average molecular weight is 330 g/mol. The highest BCUT2D eigenvalue weighted by molar-refractivity contribution is 6.34. The summed E-state index contributed by atoms with van der Waals surface area (Å²) in [6.07, 6.45) is 0.228. The summed E-state index contributed by atoms with van der Waals surface area (Å²) < 4.78 is 0. The van der Waals surface area contributed by atoms with E-state index in [4.69, 9.17) is 16.4 Å². The van der Waals surface area contributed by atoms with Gasteiger partial charge >= 0.3 is 5.97 Å². The van der Waals surface area contributed by atoms with Gasteiger partial charge in [0.15, 0.2) is 5.15 Å². The van der Waals surface area contributed by atoms with Crippen molar-refractivity contribution in [2.45, 2.75) is 12.3 Å². The van der Waals surface area contributed by atoms with Crippen molar-refractivity contribution in [1.82, 2.24) is 15.7 Å². The van der Waals surface area contributed by atoms with Crippen LogP contribution in [0.1, 0.15) is 23.5 Å². The Morgan fingerprint density at radius 3 is 2.78 bits per heavy atom. The molecule has 0 saturated heterocycles. The van der Waals surface area contributed by atoms with Crippen molar-refractivity contribution in [1.29, 1.82) is 0 Å². The molecule has 1 heterocycles. The molecule has 118 valence electrons. The third-order valence-electron chi connectivity index (χ3n) is 3.73. The standard InChI is InChI=1S/C17H16ClN3O2/c1-19-23-16(22)10-13(11-5-3-2-4-6-11)12-7-8-15-14(9-12)17(18)21-20-15/h2-9,13,19H,10H2,1H3,(H,20,21)/t13-/m0/s1.